The molecule has 0 saturated heterocycles. The molecule has 0 spiro atoms. The number of hydrogen-bond acceptors (Lipinski definition) is 4. The quantitative estimate of drug-likeness (QED) is 0.690. The van der Waals surface area contributed by atoms with E-state index in [-0.39, 0.29) is 17.1 Å². The first-order valence-electron chi connectivity index (χ1n) is 8.57. The van der Waals surface area contributed by atoms with E-state index in [1.165, 1.54) is 17.7 Å². The van der Waals surface area contributed by atoms with Gasteiger partial charge in [0, 0.05) is 33.7 Å². The zero-order valence-electron chi connectivity index (χ0n) is 14.8. The van der Waals surface area contributed by atoms with Gasteiger partial charge in [-0.05, 0) is 24.1 Å². The Morgan fingerprint density at radius 3 is 2.73 bits per heavy atom. The molecule has 0 atom stereocenters. The smallest absolute Gasteiger partial charge is 0.320 e. The lowest BCUT2D eigenvalue weighted by molar-refractivity contribution is 0.221. The number of fused-ring (bicyclic) bond motifs is 3. The van der Waals surface area contributed by atoms with Crippen molar-refractivity contribution in [2.24, 2.45) is 14.1 Å². The summed E-state index contributed by atoms with van der Waals surface area (Å²) in [6.45, 7) is 2.80. The molecule has 1 aliphatic rings. The summed E-state index contributed by atoms with van der Waals surface area (Å²) in [5.74, 6) is 0.559. The van der Waals surface area contributed by atoms with Gasteiger partial charge in [-0.1, -0.05) is 12.1 Å². The fraction of sp³-hybridized carbons (Fsp3) is 0.389. The van der Waals surface area contributed by atoms with Crippen molar-refractivity contribution in [3.05, 3.63) is 62.3 Å². The molecule has 0 radical (unpaired) electrons. The summed E-state index contributed by atoms with van der Waals surface area (Å²) < 4.78 is 17.7. The van der Waals surface area contributed by atoms with Gasteiger partial charge in [0.1, 0.15) is 11.6 Å². The largest absolute Gasteiger partial charge is 0.332 e. The Kier molecular flexibility index (Phi) is 3.99. The number of halogens is 1. The highest BCUT2D eigenvalue weighted by Crippen LogP contribution is 2.18. The predicted molar refractivity (Wildman–Crippen MR) is 95.6 cm³/mol. The van der Waals surface area contributed by atoms with Crippen LogP contribution in [0.3, 0.4) is 0 Å². The van der Waals surface area contributed by atoms with E-state index in [4.69, 9.17) is 0 Å². The minimum absolute atomic E-state index is 0.223. The molecule has 0 bridgehead atoms. The lowest BCUT2D eigenvalue weighted by atomic mass is 10.1. The van der Waals surface area contributed by atoms with Crippen LogP contribution in [0.15, 0.2) is 33.9 Å². The fourth-order valence-corrected chi connectivity index (χ4v) is 3.54. The van der Waals surface area contributed by atoms with Crippen LogP contribution >= 0.6 is 0 Å². The molecule has 0 N–H and O–H groups in total. The van der Waals surface area contributed by atoms with Crippen LogP contribution < -0.4 is 11.2 Å². The monoisotopic (exact) mass is 357 g/mol. The summed E-state index contributed by atoms with van der Waals surface area (Å²) in [6.07, 6.45) is 0.748. The number of benzene rings is 1. The molecule has 0 amide bonds. The van der Waals surface area contributed by atoms with Crippen LogP contribution in [0.1, 0.15) is 11.4 Å². The Bertz CT molecular complexity index is 1110. The molecule has 1 aromatic carbocycles. The van der Waals surface area contributed by atoms with E-state index in [0.717, 1.165) is 35.5 Å². The average Bonchev–Trinajstić information content (AvgIpc) is 3.02. The van der Waals surface area contributed by atoms with E-state index in [2.05, 4.69) is 9.88 Å². The van der Waals surface area contributed by atoms with E-state index in [1.807, 2.05) is 10.6 Å². The first-order valence-corrected chi connectivity index (χ1v) is 8.57. The minimum atomic E-state index is -0.374. The molecule has 0 unspecified atom stereocenters. The fourth-order valence-electron chi connectivity index (χ4n) is 3.54. The van der Waals surface area contributed by atoms with Crippen molar-refractivity contribution in [2.75, 3.05) is 13.1 Å². The van der Waals surface area contributed by atoms with E-state index < -0.39 is 0 Å². The van der Waals surface area contributed by atoms with Crippen LogP contribution in [-0.2, 0) is 33.6 Å². The number of nitrogens with zero attached hydrogens (tertiary/aromatic N) is 5. The molecule has 0 aliphatic carbocycles. The van der Waals surface area contributed by atoms with Gasteiger partial charge in [-0.3, -0.25) is 18.8 Å². The molecule has 7 nitrogen and oxygen atoms in total. The van der Waals surface area contributed by atoms with Crippen molar-refractivity contribution in [1.82, 2.24) is 23.6 Å². The molecule has 2 aromatic heterocycles. The number of hydrogen-bond donors (Lipinski definition) is 0. The molecule has 26 heavy (non-hydrogen) atoms. The summed E-state index contributed by atoms with van der Waals surface area (Å²) in [5, 5.41) is 0. The van der Waals surface area contributed by atoms with E-state index in [1.54, 1.807) is 19.2 Å². The summed E-state index contributed by atoms with van der Waals surface area (Å²) in [4.78, 5) is 31.4. The molecule has 8 heteroatoms. The molecular formula is C18H20FN5O2. The number of imidazole rings is 1. The number of rotatable bonds is 3. The second-order valence-corrected chi connectivity index (χ2v) is 6.71. The van der Waals surface area contributed by atoms with E-state index in [9.17, 15) is 14.0 Å². The Hall–Kier alpha value is -2.74. The zero-order chi connectivity index (χ0) is 18.4. The van der Waals surface area contributed by atoms with Gasteiger partial charge in [-0.15, -0.1) is 0 Å². The van der Waals surface area contributed by atoms with Crippen molar-refractivity contribution in [1.29, 1.82) is 0 Å². The van der Waals surface area contributed by atoms with Crippen molar-refractivity contribution in [3.63, 3.8) is 0 Å². The first-order chi connectivity index (χ1) is 12.5. The summed E-state index contributed by atoms with van der Waals surface area (Å²) in [7, 11) is 3.11. The van der Waals surface area contributed by atoms with Crippen LogP contribution in [0.25, 0.3) is 11.2 Å². The third kappa shape index (κ3) is 2.66. The zero-order valence-corrected chi connectivity index (χ0v) is 14.8. The van der Waals surface area contributed by atoms with Crippen molar-refractivity contribution >= 4 is 11.2 Å². The van der Waals surface area contributed by atoms with Crippen molar-refractivity contribution in [2.45, 2.75) is 19.5 Å². The first kappa shape index (κ1) is 16.7. The van der Waals surface area contributed by atoms with Crippen LogP contribution in [-0.4, -0.2) is 36.7 Å². The lowest BCUT2D eigenvalue weighted by Gasteiger charge is -2.27. The summed E-state index contributed by atoms with van der Waals surface area (Å²) in [6, 6.07) is 6.63. The third-order valence-corrected chi connectivity index (χ3v) is 5.04. The van der Waals surface area contributed by atoms with Gasteiger partial charge in [-0.25, -0.2) is 14.2 Å². The standard InChI is InChI=1S/C18H20FN5O2/c1-21-16-15(17(25)22(2)18(21)26)24-9-8-23(11-14(24)20-16)7-6-12-4-3-5-13(19)10-12/h3-5,10H,6-9,11H2,1-2H3. The number of aryl methyl sites for hydroxylation is 1. The summed E-state index contributed by atoms with van der Waals surface area (Å²) in [5.41, 5.74) is 1.19. The highest BCUT2D eigenvalue weighted by molar-refractivity contribution is 5.71. The van der Waals surface area contributed by atoms with Gasteiger partial charge in [-0.2, -0.15) is 0 Å². The maximum atomic E-state index is 13.3. The Balaban J connectivity index is 1.61. The molecule has 3 heterocycles. The highest BCUT2D eigenvalue weighted by Gasteiger charge is 2.24. The Morgan fingerprint density at radius 2 is 1.96 bits per heavy atom. The second-order valence-electron chi connectivity index (χ2n) is 6.71. The van der Waals surface area contributed by atoms with Crippen LogP contribution in [0.2, 0.25) is 0 Å². The van der Waals surface area contributed by atoms with Gasteiger partial charge in [0.25, 0.3) is 5.56 Å². The molecule has 0 saturated carbocycles. The predicted octanol–water partition coefficient (Wildman–Crippen LogP) is 0.631. The van der Waals surface area contributed by atoms with Crippen molar-refractivity contribution < 1.29 is 4.39 Å². The molecular weight excluding hydrogens is 337 g/mol. The Morgan fingerprint density at radius 1 is 1.15 bits per heavy atom. The van der Waals surface area contributed by atoms with Gasteiger partial charge in [0.15, 0.2) is 11.2 Å². The van der Waals surface area contributed by atoms with Crippen LogP contribution in [0.5, 0.6) is 0 Å². The highest BCUT2D eigenvalue weighted by atomic mass is 19.1. The van der Waals surface area contributed by atoms with Crippen LogP contribution in [0, 0.1) is 5.82 Å². The van der Waals surface area contributed by atoms with E-state index >= 15 is 0 Å². The average molecular weight is 357 g/mol. The molecule has 3 aromatic rings. The molecule has 136 valence electrons. The minimum Gasteiger partial charge on any atom is -0.320 e. The van der Waals surface area contributed by atoms with Crippen LogP contribution in [0.4, 0.5) is 4.39 Å². The summed E-state index contributed by atoms with van der Waals surface area (Å²) >= 11 is 0. The van der Waals surface area contributed by atoms with E-state index in [0.29, 0.717) is 24.3 Å². The van der Waals surface area contributed by atoms with Gasteiger partial charge in [0.05, 0.1) is 6.54 Å². The lowest BCUT2D eigenvalue weighted by Crippen LogP contribution is -2.39. The molecule has 1 aliphatic heterocycles. The maximum Gasteiger partial charge on any atom is 0.332 e. The maximum absolute atomic E-state index is 13.3. The second kappa shape index (κ2) is 6.21. The van der Waals surface area contributed by atoms with Gasteiger partial charge < -0.3 is 4.57 Å². The number of aromatic nitrogens is 4. The normalized spacial score (nSPS) is 14.7. The van der Waals surface area contributed by atoms with Gasteiger partial charge in [0.2, 0.25) is 0 Å². The third-order valence-electron chi connectivity index (χ3n) is 5.04. The Labute approximate surface area is 148 Å². The topological polar surface area (TPSA) is 65.1 Å². The molecule has 4 rings (SSSR count). The van der Waals surface area contributed by atoms with Crippen molar-refractivity contribution in [3.8, 4) is 0 Å². The molecule has 0 fully saturated rings. The van der Waals surface area contributed by atoms with Gasteiger partial charge >= 0.3 is 5.69 Å². The SMILES string of the molecule is Cn1c(=O)c2c(nc3n2CCN(CCc2cccc(F)c2)C3)n(C)c1=O.